The monoisotopic (exact) mass is 437 g/mol. The van der Waals surface area contributed by atoms with Crippen molar-refractivity contribution in [2.45, 2.75) is 26.8 Å². The van der Waals surface area contributed by atoms with E-state index in [4.69, 9.17) is 4.98 Å². The Hall–Kier alpha value is -3.57. The minimum atomic E-state index is 0.0143. The highest BCUT2D eigenvalue weighted by atomic mass is 32.1. The Labute approximate surface area is 191 Å². The van der Waals surface area contributed by atoms with Gasteiger partial charge in [-0.05, 0) is 59.5 Å². The first kappa shape index (κ1) is 20.3. The van der Waals surface area contributed by atoms with Gasteiger partial charge in [-0.1, -0.05) is 65.9 Å². The first-order chi connectivity index (χ1) is 15.6. The fourth-order valence-corrected chi connectivity index (χ4v) is 4.99. The molecular weight excluding hydrogens is 414 g/mol. The van der Waals surface area contributed by atoms with Crippen molar-refractivity contribution in [1.29, 1.82) is 0 Å². The topological polar surface area (TPSA) is 46.1 Å². The second kappa shape index (κ2) is 8.52. The van der Waals surface area contributed by atoms with Crippen LogP contribution in [0.5, 0.6) is 0 Å². The molecule has 0 saturated heterocycles. The van der Waals surface area contributed by atoms with Crippen molar-refractivity contribution in [2.24, 2.45) is 0 Å². The molecule has 5 aromatic rings. The number of hydrogen-bond donors (Lipinski definition) is 0. The van der Waals surface area contributed by atoms with Crippen molar-refractivity contribution in [3.05, 3.63) is 101 Å². The molecule has 1 amide bonds. The lowest BCUT2D eigenvalue weighted by Gasteiger charge is -2.20. The number of carbonyl (C=O) groups excluding carboxylic acids is 1. The Balaban J connectivity index is 1.55. The number of nitrogens with zero attached hydrogens (tertiary/aromatic N) is 3. The molecule has 32 heavy (non-hydrogen) atoms. The van der Waals surface area contributed by atoms with Crippen molar-refractivity contribution in [2.75, 3.05) is 4.90 Å². The molecule has 0 aliphatic carbocycles. The highest BCUT2D eigenvalue weighted by Gasteiger charge is 2.22. The first-order valence-electron chi connectivity index (χ1n) is 10.6. The summed E-state index contributed by atoms with van der Waals surface area (Å²) >= 11 is 1.56. The van der Waals surface area contributed by atoms with E-state index in [1.54, 1.807) is 22.4 Å². The summed E-state index contributed by atoms with van der Waals surface area (Å²) in [5.74, 6) is 0.0143. The molecule has 5 heteroatoms. The van der Waals surface area contributed by atoms with Gasteiger partial charge in [0.05, 0.1) is 28.9 Å². The Morgan fingerprint density at radius 3 is 2.59 bits per heavy atom. The van der Waals surface area contributed by atoms with Crippen LogP contribution in [0.15, 0.2) is 79.0 Å². The number of thiazole rings is 1. The van der Waals surface area contributed by atoms with Gasteiger partial charge in [-0.15, -0.1) is 0 Å². The van der Waals surface area contributed by atoms with Crippen LogP contribution in [0, 0.1) is 13.8 Å². The van der Waals surface area contributed by atoms with Crippen LogP contribution < -0.4 is 4.90 Å². The van der Waals surface area contributed by atoms with Gasteiger partial charge >= 0.3 is 0 Å². The molecule has 0 saturated carbocycles. The van der Waals surface area contributed by atoms with Crippen molar-refractivity contribution in [3.8, 4) is 0 Å². The van der Waals surface area contributed by atoms with Crippen LogP contribution in [0.1, 0.15) is 22.4 Å². The number of rotatable bonds is 5. The maximum Gasteiger partial charge on any atom is 0.233 e. The normalized spacial score (nSPS) is 11.2. The smallest absolute Gasteiger partial charge is 0.233 e. The quantitative estimate of drug-likeness (QED) is 0.327. The lowest BCUT2D eigenvalue weighted by molar-refractivity contribution is -0.118. The van der Waals surface area contributed by atoms with Gasteiger partial charge in [0.25, 0.3) is 0 Å². The van der Waals surface area contributed by atoms with Gasteiger partial charge in [-0.3, -0.25) is 14.7 Å². The lowest BCUT2D eigenvalue weighted by atomic mass is 10.0. The zero-order valence-electron chi connectivity index (χ0n) is 18.1. The lowest BCUT2D eigenvalue weighted by Crippen LogP contribution is -2.32. The average Bonchev–Trinajstić information content (AvgIpc) is 3.25. The molecule has 3 aromatic carbocycles. The van der Waals surface area contributed by atoms with E-state index in [2.05, 4.69) is 49.2 Å². The van der Waals surface area contributed by atoms with Crippen LogP contribution in [-0.4, -0.2) is 15.9 Å². The first-order valence-corrected chi connectivity index (χ1v) is 11.5. The number of aryl methyl sites for hydroxylation is 2. The van der Waals surface area contributed by atoms with Crippen LogP contribution >= 0.6 is 11.3 Å². The van der Waals surface area contributed by atoms with Crippen LogP contribution in [0.2, 0.25) is 0 Å². The molecule has 0 radical (unpaired) electrons. The molecule has 0 bridgehead atoms. The number of anilines is 1. The fraction of sp³-hybridized carbons (Fsp3) is 0.148. The number of amides is 1. The molecule has 0 fully saturated rings. The minimum absolute atomic E-state index is 0.0143. The van der Waals surface area contributed by atoms with Crippen molar-refractivity contribution < 1.29 is 4.79 Å². The third kappa shape index (κ3) is 3.87. The number of fused-ring (bicyclic) bond motifs is 2. The highest BCUT2D eigenvalue weighted by molar-refractivity contribution is 7.22. The van der Waals surface area contributed by atoms with Gasteiger partial charge in [0.2, 0.25) is 5.91 Å². The second-order valence-corrected chi connectivity index (χ2v) is 8.98. The van der Waals surface area contributed by atoms with Gasteiger partial charge < -0.3 is 0 Å². The number of hydrogen-bond acceptors (Lipinski definition) is 4. The zero-order chi connectivity index (χ0) is 22.1. The van der Waals surface area contributed by atoms with E-state index in [1.807, 2.05) is 42.5 Å². The summed E-state index contributed by atoms with van der Waals surface area (Å²) < 4.78 is 1.09. The summed E-state index contributed by atoms with van der Waals surface area (Å²) in [6.45, 7) is 4.57. The molecule has 4 nitrogen and oxygen atoms in total. The maximum absolute atomic E-state index is 13.7. The van der Waals surface area contributed by atoms with Crippen LogP contribution in [0.4, 0.5) is 5.13 Å². The standard InChI is InChI=1S/C27H23N3OS/c1-18-13-14-24-26(19(18)2)29-27(32-24)30(17-22-11-5-6-15-28-22)25(31)16-21-10-7-9-20-8-3-4-12-23(20)21/h3-15H,16-17H2,1-2H3. The second-order valence-electron chi connectivity index (χ2n) is 7.97. The molecule has 0 aliphatic rings. The minimum Gasteiger partial charge on any atom is -0.282 e. The Morgan fingerprint density at radius 2 is 1.75 bits per heavy atom. The molecule has 2 aromatic heterocycles. The van der Waals surface area contributed by atoms with Gasteiger partial charge in [-0.25, -0.2) is 4.98 Å². The number of benzene rings is 3. The summed E-state index contributed by atoms with van der Waals surface area (Å²) in [5.41, 5.74) is 5.18. The molecule has 0 aliphatic heterocycles. The van der Waals surface area contributed by atoms with Crippen LogP contribution in [0.25, 0.3) is 21.0 Å². The number of aromatic nitrogens is 2. The fourth-order valence-electron chi connectivity index (χ4n) is 3.95. The predicted octanol–water partition coefficient (Wildman–Crippen LogP) is 6.24. The molecule has 0 unspecified atom stereocenters. The van der Waals surface area contributed by atoms with Gasteiger partial charge in [0.15, 0.2) is 5.13 Å². The van der Waals surface area contributed by atoms with E-state index in [1.165, 1.54) is 5.56 Å². The SMILES string of the molecule is Cc1ccc2sc(N(Cc3ccccn3)C(=O)Cc3cccc4ccccc34)nc2c1C. The van der Waals surface area contributed by atoms with Crippen LogP contribution in [0.3, 0.4) is 0 Å². The Kier molecular flexibility index (Phi) is 5.41. The van der Waals surface area contributed by atoms with E-state index in [0.29, 0.717) is 18.1 Å². The predicted molar refractivity (Wildman–Crippen MR) is 132 cm³/mol. The largest absolute Gasteiger partial charge is 0.282 e. The summed E-state index contributed by atoms with van der Waals surface area (Å²) in [6.07, 6.45) is 2.07. The molecule has 5 rings (SSSR count). The van der Waals surface area contributed by atoms with Gasteiger partial charge in [0.1, 0.15) is 0 Å². The van der Waals surface area contributed by atoms with Crippen LogP contribution in [-0.2, 0) is 17.8 Å². The number of pyridine rings is 1. The van der Waals surface area contributed by atoms with Gasteiger partial charge in [0, 0.05) is 6.20 Å². The third-order valence-electron chi connectivity index (χ3n) is 5.87. The van der Waals surface area contributed by atoms with Gasteiger partial charge in [-0.2, -0.15) is 0 Å². The van der Waals surface area contributed by atoms with E-state index < -0.39 is 0 Å². The van der Waals surface area contributed by atoms with Crippen molar-refractivity contribution >= 4 is 43.4 Å². The number of carbonyl (C=O) groups is 1. The summed E-state index contributed by atoms with van der Waals surface area (Å²) in [5, 5.41) is 2.96. The molecule has 0 atom stereocenters. The molecule has 158 valence electrons. The third-order valence-corrected chi connectivity index (χ3v) is 6.92. The van der Waals surface area contributed by atoms with Crippen molar-refractivity contribution in [3.63, 3.8) is 0 Å². The van der Waals surface area contributed by atoms with E-state index in [0.717, 1.165) is 37.8 Å². The molecule has 2 heterocycles. The Bertz CT molecular complexity index is 1420. The zero-order valence-corrected chi connectivity index (χ0v) is 18.9. The average molecular weight is 438 g/mol. The van der Waals surface area contributed by atoms with E-state index in [-0.39, 0.29) is 5.91 Å². The van der Waals surface area contributed by atoms with Crippen molar-refractivity contribution in [1.82, 2.24) is 9.97 Å². The van der Waals surface area contributed by atoms with E-state index in [9.17, 15) is 4.79 Å². The summed E-state index contributed by atoms with van der Waals surface area (Å²) in [4.78, 5) is 24.8. The molecular formula is C27H23N3OS. The Morgan fingerprint density at radius 1 is 0.938 bits per heavy atom. The molecule has 0 N–H and O–H groups in total. The van der Waals surface area contributed by atoms with E-state index >= 15 is 0 Å². The summed E-state index contributed by atoms with van der Waals surface area (Å²) in [7, 11) is 0. The highest BCUT2D eigenvalue weighted by Crippen LogP contribution is 2.33. The molecule has 0 spiro atoms. The maximum atomic E-state index is 13.7. The summed E-state index contributed by atoms with van der Waals surface area (Å²) in [6, 6.07) is 24.3.